The number of hydrogen-bond donors (Lipinski definition) is 1. The fourth-order valence-corrected chi connectivity index (χ4v) is 2.14. The van der Waals surface area contributed by atoms with Gasteiger partial charge in [0, 0.05) is 5.02 Å². The lowest BCUT2D eigenvalue weighted by Crippen LogP contribution is -2.11. The molecule has 6 heteroatoms. The molecule has 1 N–H and O–H groups in total. The van der Waals surface area contributed by atoms with E-state index in [9.17, 15) is 4.79 Å². The second kappa shape index (κ2) is 6.48. The molecule has 4 nitrogen and oxygen atoms in total. The van der Waals surface area contributed by atoms with Crippen molar-refractivity contribution < 1.29 is 9.53 Å². The number of anilines is 1. The van der Waals surface area contributed by atoms with Crippen LogP contribution in [0.3, 0.4) is 0 Å². The largest absolute Gasteiger partial charge is 0.491 e. The first-order valence-corrected chi connectivity index (χ1v) is 6.04. The zero-order valence-corrected chi connectivity index (χ0v) is 11.4. The molecule has 0 fully saturated rings. The van der Waals surface area contributed by atoms with Gasteiger partial charge in [0.15, 0.2) is 5.75 Å². The van der Waals surface area contributed by atoms with E-state index < -0.39 is 5.91 Å². The second-order valence-electron chi connectivity index (χ2n) is 3.08. The summed E-state index contributed by atoms with van der Waals surface area (Å²) in [5.41, 5.74) is 0.450. The van der Waals surface area contributed by atoms with Crippen LogP contribution in [0.25, 0.3) is 0 Å². The highest BCUT2D eigenvalue weighted by Gasteiger charge is 2.12. The maximum Gasteiger partial charge on any atom is 0.238 e. The molecule has 0 aliphatic carbocycles. The third-order valence-electron chi connectivity index (χ3n) is 1.81. The van der Waals surface area contributed by atoms with Crippen LogP contribution in [0.15, 0.2) is 16.6 Å². The molecule has 17 heavy (non-hydrogen) atoms. The van der Waals surface area contributed by atoms with E-state index in [2.05, 4.69) is 21.2 Å². The van der Waals surface area contributed by atoms with E-state index in [1.165, 1.54) is 0 Å². The molecule has 0 saturated carbocycles. The van der Waals surface area contributed by atoms with Gasteiger partial charge in [0.05, 0.1) is 22.8 Å². The van der Waals surface area contributed by atoms with Crippen LogP contribution >= 0.6 is 27.5 Å². The lowest BCUT2D eigenvalue weighted by Gasteiger charge is -2.13. The van der Waals surface area contributed by atoms with Crippen molar-refractivity contribution >= 4 is 39.1 Å². The molecular weight excluding hydrogens is 307 g/mol. The van der Waals surface area contributed by atoms with Crippen molar-refractivity contribution in [3.8, 4) is 11.8 Å². The molecule has 1 rings (SSSR count). The van der Waals surface area contributed by atoms with E-state index >= 15 is 0 Å². The standard InChI is InChI=1S/C11H10BrClN2O2/c1-2-17-11-8(12)5-7(13)6-9(11)15-10(16)3-4-14/h5-6H,2-3H2,1H3,(H,15,16). The molecule has 1 amide bonds. The maximum atomic E-state index is 11.3. The molecule has 0 aliphatic heterocycles. The Balaban J connectivity index is 3.04. The van der Waals surface area contributed by atoms with Gasteiger partial charge >= 0.3 is 0 Å². The normalized spacial score (nSPS) is 9.53. The van der Waals surface area contributed by atoms with Gasteiger partial charge in [-0.1, -0.05) is 11.6 Å². The van der Waals surface area contributed by atoms with Crippen LogP contribution in [-0.2, 0) is 4.79 Å². The number of amides is 1. The summed E-state index contributed by atoms with van der Waals surface area (Å²) in [6, 6.07) is 5.02. The van der Waals surface area contributed by atoms with Crippen molar-refractivity contribution in [3.05, 3.63) is 21.6 Å². The third kappa shape index (κ3) is 3.91. The van der Waals surface area contributed by atoms with Crippen LogP contribution in [-0.4, -0.2) is 12.5 Å². The SMILES string of the molecule is CCOc1c(Br)cc(Cl)cc1NC(=O)CC#N. The van der Waals surface area contributed by atoms with Gasteiger partial charge in [-0.3, -0.25) is 4.79 Å². The van der Waals surface area contributed by atoms with E-state index in [0.29, 0.717) is 27.5 Å². The van der Waals surface area contributed by atoms with E-state index in [0.717, 1.165) is 0 Å². The van der Waals surface area contributed by atoms with Crippen molar-refractivity contribution in [3.63, 3.8) is 0 Å². The number of carbonyl (C=O) groups excluding carboxylic acids is 1. The second-order valence-corrected chi connectivity index (χ2v) is 4.37. The Hall–Kier alpha value is -1.25. The predicted molar refractivity (Wildman–Crippen MR) is 69.2 cm³/mol. The summed E-state index contributed by atoms with van der Waals surface area (Å²) < 4.78 is 6.05. The van der Waals surface area contributed by atoms with Gasteiger partial charge in [-0.05, 0) is 35.0 Å². The van der Waals surface area contributed by atoms with Crippen molar-refractivity contribution in [2.75, 3.05) is 11.9 Å². The molecule has 0 bridgehead atoms. The molecule has 90 valence electrons. The van der Waals surface area contributed by atoms with Gasteiger partial charge in [-0.25, -0.2) is 0 Å². The van der Waals surface area contributed by atoms with Crippen LogP contribution in [0, 0.1) is 11.3 Å². The Labute approximate surface area is 113 Å². The molecule has 0 radical (unpaired) electrons. The lowest BCUT2D eigenvalue weighted by atomic mass is 10.2. The van der Waals surface area contributed by atoms with Crippen LogP contribution in [0.4, 0.5) is 5.69 Å². The van der Waals surface area contributed by atoms with E-state index in [-0.39, 0.29) is 6.42 Å². The number of rotatable bonds is 4. The number of nitrogens with one attached hydrogen (secondary N) is 1. The zero-order chi connectivity index (χ0) is 12.8. The highest BCUT2D eigenvalue weighted by molar-refractivity contribution is 9.10. The minimum atomic E-state index is -0.400. The van der Waals surface area contributed by atoms with Gasteiger partial charge < -0.3 is 10.1 Å². The number of hydrogen-bond acceptors (Lipinski definition) is 3. The smallest absolute Gasteiger partial charge is 0.238 e. The van der Waals surface area contributed by atoms with E-state index in [4.69, 9.17) is 21.6 Å². The number of nitriles is 1. The molecule has 0 heterocycles. The first-order chi connectivity index (χ1) is 8.08. The molecule has 0 aromatic heterocycles. The Morgan fingerprint density at radius 1 is 1.65 bits per heavy atom. The highest BCUT2D eigenvalue weighted by Crippen LogP contribution is 2.36. The predicted octanol–water partition coefficient (Wildman–Crippen LogP) is 3.35. The molecule has 0 aliphatic rings. The van der Waals surface area contributed by atoms with Gasteiger partial charge in [-0.2, -0.15) is 5.26 Å². The summed E-state index contributed by atoms with van der Waals surface area (Å²) in [5, 5.41) is 11.5. The Morgan fingerprint density at radius 2 is 2.35 bits per heavy atom. The van der Waals surface area contributed by atoms with Crippen molar-refractivity contribution in [1.82, 2.24) is 0 Å². The average molecular weight is 318 g/mol. The van der Waals surface area contributed by atoms with Crippen molar-refractivity contribution in [2.24, 2.45) is 0 Å². The molecule has 0 spiro atoms. The van der Waals surface area contributed by atoms with Gasteiger partial charge in [0.1, 0.15) is 6.42 Å². The van der Waals surface area contributed by atoms with Crippen LogP contribution in [0.5, 0.6) is 5.75 Å². The fourth-order valence-electron chi connectivity index (χ4n) is 1.21. The molecule has 0 atom stereocenters. The Kier molecular flexibility index (Phi) is 5.26. The number of nitrogens with zero attached hydrogens (tertiary/aromatic N) is 1. The van der Waals surface area contributed by atoms with E-state index in [1.54, 1.807) is 18.2 Å². The summed E-state index contributed by atoms with van der Waals surface area (Å²) in [6.07, 6.45) is -0.213. The monoisotopic (exact) mass is 316 g/mol. The summed E-state index contributed by atoms with van der Waals surface area (Å²) in [4.78, 5) is 11.3. The minimum absolute atomic E-state index is 0.213. The topological polar surface area (TPSA) is 62.1 Å². The molecule has 1 aromatic rings. The fraction of sp³-hybridized carbons (Fsp3) is 0.273. The van der Waals surface area contributed by atoms with Crippen LogP contribution in [0.1, 0.15) is 13.3 Å². The van der Waals surface area contributed by atoms with Crippen molar-refractivity contribution in [1.29, 1.82) is 5.26 Å². The number of ether oxygens (including phenoxy) is 1. The van der Waals surface area contributed by atoms with Crippen LogP contribution in [0.2, 0.25) is 5.02 Å². The third-order valence-corrected chi connectivity index (χ3v) is 2.62. The van der Waals surface area contributed by atoms with Gasteiger partial charge in [-0.15, -0.1) is 0 Å². The van der Waals surface area contributed by atoms with E-state index in [1.807, 2.05) is 6.92 Å². The first kappa shape index (κ1) is 13.8. The number of carbonyl (C=O) groups is 1. The highest BCUT2D eigenvalue weighted by atomic mass is 79.9. The van der Waals surface area contributed by atoms with Gasteiger partial charge in [0.25, 0.3) is 0 Å². The van der Waals surface area contributed by atoms with Gasteiger partial charge in [0.2, 0.25) is 5.91 Å². The zero-order valence-electron chi connectivity index (χ0n) is 9.09. The molecule has 0 unspecified atom stereocenters. The molecular formula is C11H10BrClN2O2. The van der Waals surface area contributed by atoms with Crippen molar-refractivity contribution in [2.45, 2.75) is 13.3 Å². The number of halogens is 2. The summed E-state index contributed by atoms with van der Waals surface area (Å²) in [6.45, 7) is 2.29. The minimum Gasteiger partial charge on any atom is -0.491 e. The summed E-state index contributed by atoms with van der Waals surface area (Å²) >= 11 is 9.18. The molecule has 0 saturated heterocycles. The molecule has 1 aromatic carbocycles. The Morgan fingerprint density at radius 3 is 2.94 bits per heavy atom. The average Bonchev–Trinajstić information content (AvgIpc) is 2.23. The Bertz CT molecular complexity index is 471. The maximum absolute atomic E-state index is 11.3. The van der Waals surface area contributed by atoms with Crippen LogP contribution < -0.4 is 10.1 Å². The number of benzene rings is 1. The first-order valence-electron chi connectivity index (χ1n) is 4.87. The summed E-state index contributed by atoms with van der Waals surface area (Å²) in [7, 11) is 0. The quantitative estimate of drug-likeness (QED) is 0.926. The summed E-state index contributed by atoms with van der Waals surface area (Å²) in [5.74, 6) is 0.103. The lowest BCUT2D eigenvalue weighted by molar-refractivity contribution is -0.115.